The zero-order valence-electron chi connectivity index (χ0n) is 23.3. The highest BCUT2D eigenvalue weighted by Crippen LogP contribution is 2.40. The Morgan fingerprint density at radius 1 is 1.10 bits per heavy atom. The second-order valence-electron chi connectivity index (χ2n) is 11.3. The number of nitrogens with zero attached hydrogens (tertiary/aromatic N) is 1. The van der Waals surface area contributed by atoms with Crippen molar-refractivity contribution in [1.29, 1.82) is 5.41 Å². The summed E-state index contributed by atoms with van der Waals surface area (Å²) in [5, 5.41) is 17.9. The summed E-state index contributed by atoms with van der Waals surface area (Å²) in [6.07, 6.45) is 2.28. The number of nitrogens with one attached hydrogen (secondary N) is 1. The maximum atomic E-state index is 14.0. The molecule has 1 heterocycles. The topological polar surface area (TPSA) is 134 Å². The minimum Gasteiger partial charge on any atom is -0.477 e. The highest BCUT2D eigenvalue weighted by molar-refractivity contribution is 7.15. The van der Waals surface area contributed by atoms with Crippen LogP contribution in [0.4, 0.5) is 18.9 Å². The van der Waals surface area contributed by atoms with Crippen molar-refractivity contribution in [2.75, 3.05) is 4.90 Å². The van der Waals surface area contributed by atoms with Gasteiger partial charge in [-0.25, -0.2) is 4.79 Å². The number of carbonyl (C=O) groups is 3. The molecular formula is C29H36F3N3O5S. The molecule has 2 aliphatic rings. The van der Waals surface area contributed by atoms with Crippen LogP contribution in [0, 0.1) is 34.5 Å². The maximum absolute atomic E-state index is 14.0. The molecule has 0 aliphatic heterocycles. The van der Waals surface area contributed by atoms with Crippen molar-refractivity contribution < 1.29 is 37.4 Å². The number of anilines is 1. The first kappa shape index (κ1) is 32.2. The number of carbonyl (C=O) groups excluding carboxylic acids is 2. The van der Waals surface area contributed by atoms with Crippen molar-refractivity contribution in [2.24, 2.45) is 23.0 Å². The highest BCUT2D eigenvalue weighted by Gasteiger charge is 2.46. The van der Waals surface area contributed by atoms with E-state index in [1.54, 1.807) is 0 Å². The molecule has 2 saturated carbocycles. The van der Waals surface area contributed by atoms with Gasteiger partial charge in [0.15, 0.2) is 0 Å². The molecule has 4 N–H and O–H groups in total. The third-order valence-corrected chi connectivity index (χ3v) is 8.70. The number of primary amides is 1. The van der Waals surface area contributed by atoms with Gasteiger partial charge in [-0.2, -0.15) is 13.2 Å². The third kappa shape index (κ3) is 8.35. The van der Waals surface area contributed by atoms with E-state index < -0.39 is 23.5 Å². The van der Waals surface area contributed by atoms with Crippen LogP contribution in [-0.2, 0) is 14.3 Å². The van der Waals surface area contributed by atoms with Crippen LogP contribution in [0.1, 0.15) is 86.7 Å². The van der Waals surface area contributed by atoms with Crippen molar-refractivity contribution in [2.45, 2.75) is 90.5 Å². The number of ether oxygens (including phenoxy) is 1. The van der Waals surface area contributed by atoms with Gasteiger partial charge in [-0.1, -0.05) is 18.8 Å². The number of carboxylic acid groups (broad SMARTS) is 1. The minimum absolute atomic E-state index is 0.136. The fraction of sp³-hybridized carbons (Fsp3) is 0.586. The van der Waals surface area contributed by atoms with E-state index in [4.69, 9.17) is 15.9 Å². The number of thiophene rings is 1. The van der Waals surface area contributed by atoms with Crippen LogP contribution < -0.4 is 10.6 Å². The van der Waals surface area contributed by atoms with E-state index in [1.807, 2.05) is 0 Å². The molecule has 2 aliphatic carbocycles. The second kappa shape index (κ2) is 13.1. The van der Waals surface area contributed by atoms with Crippen LogP contribution in [-0.4, -0.2) is 47.1 Å². The summed E-state index contributed by atoms with van der Waals surface area (Å²) >= 11 is 0.760. The molecule has 0 spiro atoms. The van der Waals surface area contributed by atoms with E-state index in [2.05, 4.69) is 18.8 Å². The lowest BCUT2D eigenvalue weighted by Crippen LogP contribution is -2.47. The second-order valence-corrected chi connectivity index (χ2v) is 12.4. The number of aromatic carboxylic acids is 1. The Kier molecular flexibility index (Phi) is 10.3. The number of alkyl halides is 3. The number of nitrogens with two attached hydrogens (primary N) is 1. The Morgan fingerprint density at radius 2 is 1.71 bits per heavy atom. The van der Waals surface area contributed by atoms with Crippen molar-refractivity contribution in [3.63, 3.8) is 0 Å². The molecule has 2 fully saturated rings. The number of carboxylic acids is 1. The normalized spacial score (nSPS) is 23.4. The van der Waals surface area contributed by atoms with E-state index >= 15 is 0 Å². The molecule has 0 unspecified atom stereocenters. The number of amides is 2. The largest absolute Gasteiger partial charge is 0.477 e. The van der Waals surface area contributed by atoms with Gasteiger partial charge in [0.05, 0.1) is 10.6 Å². The Hall–Kier alpha value is -3.33. The van der Waals surface area contributed by atoms with E-state index in [-0.39, 0.29) is 45.3 Å². The van der Waals surface area contributed by atoms with Crippen LogP contribution in [0.3, 0.4) is 0 Å². The fourth-order valence-corrected chi connectivity index (χ4v) is 5.90. The summed E-state index contributed by atoms with van der Waals surface area (Å²) in [6.45, 7) is 4.04. The van der Waals surface area contributed by atoms with Gasteiger partial charge in [-0.05, 0) is 77.2 Å². The van der Waals surface area contributed by atoms with Crippen LogP contribution in [0.5, 0.6) is 0 Å². The number of halogens is 3. The molecule has 12 heteroatoms. The molecule has 0 bridgehead atoms. The molecule has 224 valence electrons. The summed E-state index contributed by atoms with van der Waals surface area (Å²) < 4.78 is 45.7. The van der Waals surface area contributed by atoms with Crippen LogP contribution >= 0.6 is 11.3 Å². The Balaban J connectivity index is 1.92. The lowest BCUT2D eigenvalue weighted by molar-refractivity contribution is -0.190. The van der Waals surface area contributed by atoms with Crippen molar-refractivity contribution in [1.82, 2.24) is 0 Å². The molecule has 0 aromatic carbocycles. The van der Waals surface area contributed by atoms with Gasteiger partial charge >= 0.3 is 12.1 Å². The van der Waals surface area contributed by atoms with Crippen LogP contribution in [0.15, 0.2) is 18.2 Å². The quantitative estimate of drug-likeness (QED) is 0.156. The third-order valence-electron chi connectivity index (χ3n) is 7.68. The zero-order chi connectivity index (χ0) is 30.5. The number of hydrogen-bond acceptors (Lipinski definition) is 6. The Morgan fingerprint density at radius 3 is 2.24 bits per heavy atom. The molecule has 1 aromatic rings. The average Bonchev–Trinajstić information content (AvgIpc) is 3.31. The molecular weight excluding hydrogens is 559 g/mol. The van der Waals surface area contributed by atoms with E-state index in [1.165, 1.54) is 17.0 Å². The lowest BCUT2D eigenvalue weighted by atomic mass is 9.81. The molecule has 0 saturated heterocycles. The maximum Gasteiger partial charge on any atom is 0.404 e. The monoisotopic (exact) mass is 595 g/mol. The predicted octanol–water partition coefficient (Wildman–Crippen LogP) is 5.89. The first-order valence-electron chi connectivity index (χ1n) is 13.6. The number of hydrogen-bond donors (Lipinski definition) is 3. The van der Waals surface area contributed by atoms with E-state index in [9.17, 15) is 32.7 Å². The summed E-state index contributed by atoms with van der Waals surface area (Å²) in [5.74, 6) is 2.54. The zero-order valence-corrected chi connectivity index (χ0v) is 24.2. The smallest absolute Gasteiger partial charge is 0.404 e. The first-order valence-corrected chi connectivity index (χ1v) is 14.4. The lowest BCUT2D eigenvalue weighted by Gasteiger charge is -2.39. The molecule has 0 radical (unpaired) electrons. The molecule has 41 heavy (non-hydrogen) atoms. The average molecular weight is 596 g/mol. The van der Waals surface area contributed by atoms with Crippen LogP contribution in [0.25, 0.3) is 0 Å². The van der Waals surface area contributed by atoms with Crippen molar-refractivity contribution in [3.8, 4) is 11.8 Å². The van der Waals surface area contributed by atoms with Crippen LogP contribution in [0.2, 0.25) is 0 Å². The standard InChI is InChI=1S/C29H36F3N3O5S/c1-17-4-6-18(7-5-17)26(37)35(19-8-10-20(11-9-19)40-24(34)13-12-23(33)36)22-16-21(41-25(22)27(38)39)14-15-28(2,3)29(30,31)32/h12-13,16-20,34H,4-11H2,1-3H3,(H2,33,36)(H,38,39)/b13-12-,34-24?. The van der Waals surface area contributed by atoms with Gasteiger partial charge in [0.25, 0.3) is 0 Å². The van der Waals surface area contributed by atoms with Gasteiger partial charge < -0.3 is 20.5 Å². The summed E-state index contributed by atoms with van der Waals surface area (Å²) in [6, 6.07) is 1.06. The molecule has 3 rings (SSSR count). The number of rotatable bonds is 7. The van der Waals surface area contributed by atoms with Gasteiger partial charge in [0.1, 0.15) is 16.4 Å². The van der Waals surface area contributed by atoms with Gasteiger partial charge in [-0.15, -0.1) is 11.3 Å². The SMILES string of the molecule is CC1CCC(C(=O)N(c2cc(C#CC(C)(C)C(F)(F)F)sc2C(=O)O)C2CCC(OC(=N)/C=C\C(N)=O)CC2)CC1. The molecule has 0 atom stereocenters. The fourth-order valence-electron chi connectivity index (χ4n) is 5.06. The Labute approximate surface area is 241 Å². The van der Waals surface area contributed by atoms with Gasteiger partial charge in [0.2, 0.25) is 17.7 Å². The summed E-state index contributed by atoms with van der Waals surface area (Å²) in [4.78, 5) is 38.7. The van der Waals surface area contributed by atoms with Gasteiger partial charge in [-0.3, -0.25) is 15.0 Å². The first-order chi connectivity index (χ1) is 19.1. The van der Waals surface area contributed by atoms with Gasteiger partial charge in [0, 0.05) is 24.1 Å². The summed E-state index contributed by atoms with van der Waals surface area (Å²) in [7, 11) is 0. The molecule has 1 aromatic heterocycles. The molecule has 2 amide bonds. The highest BCUT2D eigenvalue weighted by atomic mass is 32.1. The van der Waals surface area contributed by atoms with Crippen molar-refractivity contribution >= 4 is 40.7 Å². The van der Waals surface area contributed by atoms with Crippen molar-refractivity contribution in [3.05, 3.63) is 28.0 Å². The predicted molar refractivity (Wildman–Crippen MR) is 150 cm³/mol. The minimum atomic E-state index is -4.57. The Bertz CT molecular complexity index is 1240. The molecule has 8 nitrogen and oxygen atoms in total. The summed E-state index contributed by atoms with van der Waals surface area (Å²) in [5.41, 5.74) is 2.91. The van der Waals surface area contributed by atoms with E-state index in [0.717, 1.165) is 44.1 Å². The van der Waals surface area contributed by atoms with E-state index in [0.29, 0.717) is 44.4 Å².